The molecule has 0 aliphatic carbocycles. The molecule has 2 heteroatoms. The Kier molecular flexibility index (Phi) is 5.62. The lowest BCUT2D eigenvalue weighted by atomic mass is 9.81. The van der Waals surface area contributed by atoms with Crippen LogP contribution in [-0.4, -0.2) is 25.3 Å². The van der Waals surface area contributed by atoms with E-state index in [0.29, 0.717) is 30.1 Å². The second-order valence-electron chi connectivity index (χ2n) is 6.26. The SMILES string of the molecule is CNC(CCCc1ccccc1)C1C(C)OC(C)C1C. The van der Waals surface area contributed by atoms with Gasteiger partial charge in [0.05, 0.1) is 12.2 Å². The molecule has 1 fully saturated rings. The maximum absolute atomic E-state index is 5.99. The van der Waals surface area contributed by atoms with Gasteiger partial charge in [-0.2, -0.15) is 0 Å². The fraction of sp³-hybridized carbons (Fsp3) is 0.667. The molecule has 112 valence electrons. The van der Waals surface area contributed by atoms with Crippen LogP contribution in [0.15, 0.2) is 30.3 Å². The van der Waals surface area contributed by atoms with Gasteiger partial charge in [-0.05, 0) is 51.6 Å². The minimum Gasteiger partial charge on any atom is -0.375 e. The Morgan fingerprint density at radius 1 is 1.10 bits per heavy atom. The lowest BCUT2D eigenvalue weighted by molar-refractivity contribution is 0.0474. The molecule has 2 rings (SSSR count). The average Bonchev–Trinajstić information content (AvgIpc) is 2.70. The molecule has 0 aromatic heterocycles. The van der Waals surface area contributed by atoms with Crippen molar-refractivity contribution in [3.8, 4) is 0 Å². The van der Waals surface area contributed by atoms with Crippen molar-refractivity contribution in [2.45, 2.75) is 58.3 Å². The van der Waals surface area contributed by atoms with Crippen molar-refractivity contribution < 1.29 is 4.74 Å². The molecule has 2 nitrogen and oxygen atoms in total. The molecule has 0 radical (unpaired) electrons. The van der Waals surface area contributed by atoms with Gasteiger partial charge in [-0.1, -0.05) is 37.3 Å². The first kappa shape index (κ1) is 15.5. The molecule has 0 amide bonds. The molecule has 1 aromatic rings. The summed E-state index contributed by atoms with van der Waals surface area (Å²) in [5.74, 6) is 1.27. The monoisotopic (exact) mass is 275 g/mol. The molecule has 1 aromatic carbocycles. The Balaban J connectivity index is 1.86. The lowest BCUT2D eigenvalue weighted by Gasteiger charge is -2.28. The summed E-state index contributed by atoms with van der Waals surface area (Å²) >= 11 is 0. The molecule has 1 aliphatic heterocycles. The zero-order chi connectivity index (χ0) is 14.5. The van der Waals surface area contributed by atoms with Crippen LogP contribution in [0, 0.1) is 11.8 Å². The highest BCUT2D eigenvalue weighted by molar-refractivity contribution is 5.14. The molecule has 0 bridgehead atoms. The normalized spacial score (nSPS) is 31.4. The third-order valence-corrected chi connectivity index (χ3v) is 4.98. The molecule has 20 heavy (non-hydrogen) atoms. The van der Waals surface area contributed by atoms with Gasteiger partial charge in [-0.25, -0.2) is 0 Å². The fourth-order valence-corrected chi connectivity index (χ4v) is 3.69. The van der Waals surface area contributed by atoms with Crippen molar-refractivity contribution in [3.05, 3.63) is 35.9 Å². The van der Waals surface area contributed by atoms with E-state index in [4.69, 9.17) is 4.74 Å². The predicted octanol–water partition coefficient (Wildman–Crippen LogP) is 3.66. The van der Waals surface area contributed by atoms with Gasteiger partial charge in [0, 0.05) is 12.0 Å². The van der Waals surface area contributed by atoms with E-state index in [2.05, 4.69) is 63.5 Å². The Morgan fingerprint density at radius 2 is 1.80 bits per heavy atom. The van der Waals surface area contributed by atoms with E-state index in [9.17, 15) is 0 Å². The Morgan fingerprint density at radius 3 is 2.35 bits per heavy atom. The van der Waals surface area contributed by atoms with Crippen molar-refractivity contribution in [3.63, 3.8) is 0 Å². The van der Waals surface area contributed by atoms with E-state index in [1.54, 1.807) is 0 Å². The van der Waals surface area contributed by atoms with Gasteiger partial charge in [-0.15, -0.1) is 0 Å². The Labute approximate surface area is 123 Å². The number of rotatable bonds is 6. The summed E-state index contributed by atoms with van der Waals surface area (Å²) in [5, 5.41) is 3.53. The van der Waals surface area contributed by atoms with Gasteiger partial charge in [0.1, 0.15) is 0 Å². The third kappa shape index (κ3) is 3.62. The Bertz CT molecular complexity index is 392. The summed E-state index contributed by atoms with van der Waals surface area (Å²) in [7, 11) is 2.09. The van der Waals surface area contributed by atoms with Crippen LogP contribution in [0.1, 0.15) is 39.2 Å². The predicted molar refractivity (Wildman–Crippen MR) is 84.9 cm³/mol. The van der Waals surface area contributed by atoms with Crippen molar-refractivity contribution in [1.29, 1.82) is 0 Å². The van der Waals surface area contributed by atoms with E-state index in [1.807, 2.05) is 0 Å². The van der Waals surface area contributed by atoms with E-state index in [-0.39, 0.29) is 0 Å². The van der Waals surface area contributed by atoms with Crippen LogP contribution in [0.25, 0.3) is 0 Å². The Hall–Kier alpha value is -0.860. The van der Waals surface area contributed by atoms with Gasteiger partial charge in [0.15, 0.2) is 0 Å². The summed E-state index contributed by atoms with van der Waals surface area (Å²) in [5.41, 5.74) is 1.44. The lowest BCUT2D eigenvalue weighted by Crippen LogP contribution is -2.40. The molecule has 1 aliphatic rings. The van der Waals surface area contributed by atoms with Gasteiger partial charge >= 0.3 is 0 Å². The second kappa shape index (κ2) is 7.24. The summed E-state index contributed by atoms with van der Waals surface area (Å²) in [6.45, 7) is 6.77. The smallest absolute Gasteiger partial charge is 0.0597 e. The van der Waals surface area contributed by atoms with Crippen LogP contribution in [0.4, 0.5) is 0 Å². The number of benzene rings is 1. The minimum absolute atomic E-state index is 0.370. The van der Waals surface area contributed by atoms with Crippen molar-refractivity contribution in [2.75, 3.05) is 7.05 Å². The topological polar surface area (TPSA) is 21.3 Å². The van der Waals surface area contributed by atoms with E-state index >= 15 is 0 Å². The third-order valence-electron chi connectivity index (χ3n) is 4.98. The minimum atomic E-state index is 0.370. The second-order valence-corrected chi connectivity index (χ2v) is 6.26. The van der Waals surface area contributed by atoms with Crippen LogP contribution in [0.3, 0.4) is 0 Å². The maximum atomic E-state index is 5.99. The zero-order valence-corrected chi connectivity index (χ0v) is 13.3. The number of hydrogen-bond donors (Lipinski definition) is 1. The van der Waals surface area contributed by atoms with Gasteiger partial charge in [0.25, 0.3) is 0 Å². The molecule has 5 atom stereocenters. The first-order valence-corrected chi connectivity index (χ1v) is 8.00. The number of hydrogen-bond acceptors (Lipinski definition) is 2. The molecule has 1 saturated heterocycles. The van der Waals surface area contributed by atoms with E-state index < -0.39 is 0 Å². The van der Waals surface area contributed by atoms with E-state index in [0.717, 1.165) is 0 Å². The highest BCUT2D eigenvalue weighted by Crippen LogP contribution is 2.35. The molecular formula is C18H29NO. The molecule has 1 heterocycles. The fourth-order valence-electron chi connectivity index (χ4n) is 3.69. The van der Waals surface area contributed by atoms with Crippen molar-refractivity contribution in [2.24, 2.45) is 11.8 Å². The maximum Gasteiger partial charge on any atom is 0.0597 e. The summed E-state index contributed by atoms with van der Waals surface area (Å²) in [4.78, 5) is 0. The van der Waals surface area contributed by atoms with Crippen LogP contribution in [-0.2, 0) is 11.2 Å². The van der Waals surface area contributed by atoms with Gasteiger partial charge < -0.3 is 10.1 Å². The molecular weight excluding hydrogens is 246 g/mol. The first-order chi connectivity index (χ1) is 9.63. The largest absolute Gasteiger partial charge is 0.375 e. The summed E-state index contributed by atoms with van der Waals surface area (Å²) in [6.07, 6.45) is 4.39. The quantitative estimate of drug-likeness (QED) is 0.855. The van der Waals surface area contributed by atoms with Crippen molar-refractivity contribution in [1.82, 2.24) is 5.32 Å². The summed E-state index contributed by atoms with van der Waals surface area (Å²) < 4.78 is 5.99. The van der Waals surface area contributed by atoms with Gasteiger partial charge in [-0.3, -0.25) is 0 Å². The molecule has 0 saturated carbocycles. The van der Waals surface area contributed by atoms with Gasteiger partial charge in [0.2, 0.25) is 0 Å². The average molecular weight is 275 g/mol. The van der Waals surface area contributed by atoms with Crippen molar-refractivity contribution >= 4 is 0 Å². The molecule has 5 unspecified atom stereocenters. The first-order valence-electron chi connectivity index (χ1n) is 8.00. The number of ether oxygens (including phenoxy) is 1. The highest BCUT2D eigenvalue weighted by atomic mass is 16.5. The standard InChI is InChI=1S/C18H29NO/c1-13-14(2)20-15(3)18(13)17(19-4)12-8-11-16-9-6-5-7-10-16/h5-7,9-10,13-15,17-19H,8,11-12H2,1-4H3. The number of aryl methyl sites for hydroxylation is 1. The van der Waals surface area contributed by atoms with Crippen LogP contribution in [0.5, 0.6) is 0 Å². The molecule has 1 N–H and O–H groups in total. The van der Waals surface area contributed by atoms with Crippen LogP contribution >= 0.6 is 0 Å². The van der Waals surface area contributed by atoms with Crippen LogP contribution < -0.4 is 5.32 Å². The number of nitrogens with one attached hydrogen (secondary N) is 1. The summed E-state index contributed by atoms with van der Waals surface area (Å²) in [6, 6.07) is 11.3. The molecule has 0 spiro atoms. The van der Waals surface area contributed by atoms with Crippen LogP contribution in [0.2, 0.25) is 0 Å². The van der Waals surface area contributed by atoms with E-state index in [1.165, 1.54) is 24.8 Å². The zero-order valence-electron chi connectivity index (χ0n) is 13.3. The highest BCUT2D eigenvalue weighted by Gasteiger charge is 2.40.